The van der Waals surface area contributed by atoms with Crippen LogP contribution in [0.1, 0.15) is 31.1 Å². The van der Waals surface area contributed by atoms with Crippen molar-refractivity contribution in [2.24, 2.45) is 0 Å². The maximum absolute atomic E-state index is 5.69. The van der Waals surface area contributed by atoms with E-state index in [1.165, 1.54) is 10.9 Å². The average molecular weight is 253 g/mol. The van der Waals surface area contributed by atoms with Crippen molar-refractivity contribution in [1.82, 2.24) is 0 Å². The highest BCUT2D eigenvalue weighted by Crippen LogP contribution is 2.31. The van der Waals surface area contributed by atoms with Gasteiger partial charge in [0.05, 0.1) is 0 Å². The molecule has 0 N–H and O–H groups in total. The molecule has 1 nitrogen and oxygen atoms in total. The number of benzene rings is 1. The summed E-state index contributed by atoms with van der Waals surface area (Å²) in [5.41, 5.74) is 2.29. The van der Waals surface area contributed by atoms with E-state index in [-0.39, 0.29) is 0 Å². The van der Waals surface area contributed by atoms with Crippen LogP contribution in [-0.2, 0) is 0 Å². The molecule has 0 saturated heterocycles. The molecule has 1 heterocycles. The number of hydrogen-bond donors (Lipinski definition) is 0. The van der Waals surface area contributed by atoms with Crippen molar-refractivity contribution in [2.75, 3.05) is 0 Å². The van der Waals surface area contributed by atoms with Crippen molar-refractivity contribution < 1.29 is 4.42 Å². The van der Waals surface area contributed by atoms with Gasteiger partial charge in [-0.15, -0.1) is 0 Å². The van der Waals surface area contributed by atoms with E-state index in [2.05, 4.69) is 48.0 Å². The summed E-state index contributed by atoms with van der Waals surface area (Å²) in [6, 6.07) is 6.31. The van der Waals surface area contributed by atoms with Crippen LogP contribution in [0.2, 0.25) is 0 Å². The summed E-state index contributed by atoms with van der Waals surface area (Å²) in [6.07, 6.45) is 0. The molecule has 0 fully saturated rings. The van der Waals surface area contributed by atoms with Gasteiger partial charge in [-0.05, 0) is 36.6 Å². The van der Waals surface area contributed by atoms with Crippen LogP contribution < -0.4 is 0 Å². The Morgan fingerprint density at radius 1 is 1.21 bits per heavy atom. The highest BCUT2D eigenvalue weighted by molar-refractivity contribution is 9.10. The lowest BCUT2D eigenvalue weighted by atomic mass is 10.0. The van der Waals surface area contributed by atoms with Crippen molar-refractivity contribution in [3.63, 3.8) is 0 Å². The third kappa shape index (κ3) is 1.59. The molecule has 0 atom stereocenters. The molecular formula is C12H13BrO. The van der Waals surface area contributed by atoms with Crippen LogP contribution in [0.15, 0.2) is 27.1 Å². The molecule has 2 rings (SSSR count). The molecule has 0 unspecified atom stereocenters. The normalized spacial score (nSPS) is 11.5. The SMILES string of the molecule is Cc1cc2cc(Br)cc(C(C)C)c2o1. The first-order valence-electron chi connectivity index (χ1n) is 4.77. The Kier molecular flexibility index (Phi) is 2.40. The molecule has 2 heteroatoms. The fraction of sp³-hybridized carbons (Fsp3) is 0.333. The summed E-state index contributed by atoms with van der Waals surface area (Å²) in [7, 11) is 0. The van der Waals surface area contributed by atoms with Crippen molar-refractivity contribution in [1.29, 1.82) is 0 Å². The quantitative estimate of drug-likeness (QED) is 0.722. The third-order valence-corrected chi connectivity index (χ3v) is 2.81. The first kappa shape index (κ1) is 9.78. The Morgan fingerprint density at radius 3 is 2.57 bits per heavy atom. The lowest BCUT2D eigenvalue weighted by Crippen LogP contribution is -1.87. The summed E-state index contributed by atoms with van der Waals surface area (Å²) < 4.78 is 6.81. The van der Waals surface area contributed by atoms with Crippen molar-refractivity contribution in [2.45, 2.75) is 26.7 Å². The number of furan rings is 1. The van der Waals surface area contributed by atoms with Crippen LogP contribution >= 0.6 is 15.9 Å². The highest BCUT2D eigenvalue weighted by atomic mass is 79.9. The predicted molar refractivity (Wildman–Crippen MR) is 62.7 cm³/mol. The van der Waals surface area contributed by atoms with Gasteiger partial charge in [-0.1, -0.05) is 29.8 Å². The molecule has 14 heavy (non-hydrogen) atoms. The topological polar surface area (TPSA) is 13.1 Å². The van der Waals surface area contributed by atoms with Gasteiger partial charge in [0.2, 0.25) is 0 Å². The fourth-order valence-electron chi connectivity index (χ4n) is 1.70. The van der Waals surface area contributed by atoms with Gasteiger partial charge in [0, 0.05) is 9.86 Å². The molecule has 2 aromatic rings. The monoisotopic (exact) mass is 252 g/mol. The number of halogens is 1. The third-order valence-electron chi connectivity index (χ3n) is 2.35. The van der Waals surface area contributed by atoms with E-state index in [0.717, 1.165) is 15.8 Å². The fourth-order valence-corrected chi connectivity index (χ4v) is 2.19. The minimum Gasteiger partial charge on any atom is -0.461 e. The van der Waals surface area contributed by atoms with Gasteiger partial charge in [-0.25, -0.2) is 0 Å². The molecule has 0 radical (unpaired) electrons. The Hall–Kier alpha value is -0.760. The maximum Gasteiger partial charge on any atom is 0.137 e. The second-order valence-corrected chi connectivity index (χ2v) is 4.84. The van der Waals surface area contributed by atoms with Crippen LogP contribution in [0.4, 0.5) is 0 Å². The molecule has 0 aliphatic heterocycles. The molecule has 0 spiro atoms. The summed E-state index contributed by atoms with van der Waals surface area (Å²) in [5.74, 6) is 1.46. The molecule has 0 amide bonds. The Balaban J connectivity index is 2.79. The Labute approximate surface area is 92.2 Å². The number of aryl methyl sites for hydroxylation is 1. The lowest BCUT2D eigenvalue weighted by molar-refractivity contribution is 0.572. The Morgan fingerprint density at radius 2 is 1.93 bits per heavy atom. The molecule has 1 aromatic heterocycles. The molecule has 0 saturated carbocycles. The van der Waals surface area contributed by atoms with E-state index >= 15 is 0 Å². The van der Waals surface area contributed by atoms with Crippen LogP contribution in [0, 0.1) is 6.92 Å². The van der Waals surface area contributed by atoms with E-state index in [1.54, 1.807) is 0 Å². The average Bonchev–Trinajstić information content (AvgIpc) is 2.42. The summed E-state index contributed by atoms with van der Waals surface area (Å²) in [5, 5.41) is 1.18. The second kappa shape index (κ2) is 3.43. The summed E-state index contributed by atoms with van der Waals surface area (Å²) in [4.78, 5) is 0. The van der Waals surface area contributed by atoms with Gasteiger partial charge < -0.3 is 4.42 Å². The molecule has 74 valence electrons. The molecular weight excluding hydrogens is 240 g/mol. The summed E-state index contributed by atoms with van der Waals surface area (Å²) >= 11 is 3.52. The number of hydrogen-bond acceptors (Lipinski definition) is 1. The van der Waals surface area contributed by atoms with Gasteiger partial charge >= 0.3 is 0 Å². The highest BCUT2D eigenvalue weighted by Gasteiger charge is 2.10. The summed E-state index contributed by atoms with van der Waals surface area (Å²) in [6.45, 7) is 6.34. The van der Waals surface area contributed by atoms with Gasteiger partial charge in [0.25, 0.3) is 0 Å². The van der Waals surface area contributed by atoms with Gasteiger partial charge in [-0.2, -0.15) is 0 Å². The zero-order valence-corrected chi connectivity index (χ0v) is 10.2. The van der Waals surface area contributed by atoms with Crippen LogP contribution in [0.3, 0.4) is 0 Å². The molecule has 0 aliphatic rings. The standard InChI is InChI=1S/C12H13BrO/c1-7(2)11-6-10(13)5-9-4-8(3)14-12(9)11/h4-7H,1-3H3. The maximum atomic E-state index is 5.69. The lowest BCUT2D eigenvalue weighted by Gasteiger charge is -2.06. The van der Waals surface area contributed by atoms with Crippen LogP contribution in [0.5, 0.6) is 0 Å². The minimum absolute atomic E-state index is 0.487. The van der Waals surface area contributed by atoms with E-state index in [1.807, 2.05) is 6.92 Å². The van der Waals surface area contributed by atoms with E-state index in [0.29, 0.717) is 5.92 Å². The van der Waals surface area contributed by atoms with Crippen molar-refractivity contribution in [3.8, 4) is 0 Å². The second-order valence-electron chi connectivity index (χ2n) is 3.93. The number of fused-ring (bicyclic) bond motifs is 1. The first-order valence-corrected chi connectivity index (χ1v) is 5.57. The van der Waals surface area contributed by atoms with Gasteiger partial charge in [0.1, 0.15) is 11.3 Å². The first-order chi connectivity index (χ1) is 6.58. The zero-order chi connectivity index (χ0) is 10.3. The number of rotatable bonds is 1. The molecule has 1 aromatic carbocycles. The van der Waals surface area contributed by atoms with E-state index in [9.17, 15) is 0 Å². The van der Waals surface area contributed by atoms with E-state index in [4.69, 9.17) is 4.42 Å². The van der Waals surface area contributed by atoms with Crippen molar-refractivity contribution >= 4 is 26.9 Å². The zero-order valence-electron chi connectivity index (χ0n) is 8.60. The van der Waals surface area contributed by atoms with Crippen LogP contribution in [-0.4, -0.2) is 0 Å². The molecule has 0 aliphatic carbocycles. The van der Waals surface area contributed by atoms with E-state index < -0.39 is 0 Å². The Bertz CT molecular complexity index is 468. The smallest absolute Gasteiger partial charge is 0.137 e. The predicted octanol–water partition coefficient (Wildman–Crippen LogP) is 4.63. The van der Waals surface area contributed by atoms with Crippen molar-refractivity contribution in [3.05, 3.63) is 34.0 Å². The molecule has 0 bridgehead atoms. The minimum atomic E-state index is 0.487. The van der Waals surface area contributed by atoms with Gasteiger partial charge in [-0.3, -0.25) is 0 Å². The van der Waals surface area contributed by atoms with Gasteiger partial charge in [0.15, 0.2) is 0 Å². The van der Waals surface area contributed by atoms with Crippen LogP contribution in [0.25, 0.3) is 11.0 Å². The largest absolute Gasteiger partial charge is 0.461 e.